The summed E-state index contributed by atoms with van der Waals surface area (Å²) in [6, 6.07) is 5.59. The van der Waals surface area contributed by atoms with Gasteiger partial charge in [-0.15, -0.1) is 0 Å². The smallest absolute Gasteiger partial charge is 0.273 e. The van der Waals surface area contributed by atoms with Crippen LogP contribution in [-0.2, 0) is 16.0 Å². The maximum atomic E-state index is 13.8. The number of nitrogens with zero attached hydrogens (tertiary/aromatic N) is 2. The minimum atomic E-state index is -3.02. The second kappa shape index (κ2) is 7.31. The van der Waals surface area contributed by atoms with Gasteiger partial charge in [0, 0.05) is 48.9 Å². The lowest BCUT2D eigenvalue weighted by Gasteiger charge is -2.37. The van der Waals surface area contributed by atoms with Gasteiger partial charge in [-0.05, 0) is 37.8 Å². The molecular weight excluding hydrogens is 368 g/mol. The summed E-state index contributed by atoms with van der Waals surface area (Å²) in [7, 11) is 0. The number of imide groups is 1. The predicted molar refractivity (Wildman–Crippen MR) is 101 cm³/mol. The number of piperidine rings is 2. The molecule has 1 aromatic carbocycles. The maximum Gasteiger partial charge on any atom is 0.273 e. The number of aliphatic hydroxyl groups is 1. The van der Waals surface area contributed by atoms with Crippen LogP contribution in [0, 0.1) is 5.92 Å². The van der Waals surface area contributed by atoms with Crippen molar-refractivity contribution < 1.29 is 23.5 Å². The average Bonchev–Trinajstić information content (AvgIpc) is 3.12. The molecule has 28 heavy (non-hydrogen) atoms. The molecule has 6 nitrogen and oxygen atoms in total. The zero-order valence-corrected chi connectivity index (χ0v) is 15.7. The molecule has 2 amide bonds. The molecule has 2 saturated heterocycles. The second-order valence-electron chi connectivity index (χ2n) is 7.87. The van der Waals surface area contributed by atoms with E-state index >= 15 is 0 Å². The summed E-state index contributed by atoms with van der Waals surface area (Å²) in [4.78, 5) is 27.9. The highest BCUT2D eigenvalue weighted by atomic mass is 19.3. The molecule has 0 saturated carbocycles. The van der Waals surface area contributed by atoms with Crippen molar-refractivity contribution in [2.45, 2.75) is 44.1 Å². The summed E-state index contributed by atoms with van der Waals surface area (Å²) < 4.78 is 27.5. The van der Waals surface area contributed by atoms with E-state index in [0.717, 1.165) is 23.4 Å². The van der Waals surface area contributed by atoms with E-state index in [1.807, 2.05) is 18.2 Å². The Labute approximate surface area is 162 Å². The number of halogens is 2. The van der Waals surface area contributed by atoms with Crippen molar-refractivity contribution in [1.82, 2.24) is 5.32 Å². The minimum Gasteiger partial charge on any atom is -0.390 e. The third-order valence-electron chi connectivity index (χ3n) is 6.27. The predicted octanol–water partition coefficient (Wildman–Crippen LogP) is 1.70. The van der Waals surface area contributed by atoms with Crippen molar-refractivity contribution >= 4 is 23.2 Å². The quantitative estimate of drug-likeness (QED) is 0.762. The van der Waals surface area contributed by atoms with Gasteiger partial charge in [0.2, 0.25) is 11.8 Å². The lowest BCUT2D eigenvalue weighted by Crippen LogP contribution is -2.52. The molecule has 3 aliphatic rings. The van der Waals surface area contributed by atoms with E-state index in [-0.39, 0.29) is 17.9 Å². The molecule has 8 heteroatoms. The number of hydrogen-bond donors (Lipinski definition) is 2. The van der Waals surface area contributed by atoms with Crippen LogP contribution in [0.3, 0.4) is 0 Å². The van der Waals surface area contributed by atoms with Gasteiger partial charge in [0.15, 0.2) is 0 Å². The van der Waals surface area contributed by atoms with Crippen molar-refractivity contribution in [2.24, 2.45) is 5.92 Å². The van der Waals surface area contributed by atoms with Crippen LogP contribution in [0.5, 0.6) is 0 Å². The van der Waals surface area contributed by atoms with Gasteiger partial charge in [0.25, 0.3) is 5.92 Å². The van der Waals surface area contributed by atoms with Gasteiger partial charge in [-0.25, -0.2) is 8.78 Å². The number of amides is 2. The Balaban J connectivity index is 1.51. The normalized spacial score (nSPS) is 23.8. The Hall–Kier alpha value is -2.22. The van der Waals surface area contributed by atoms with E-state index in [1.165, 1.54) is 0 Å². The van der Waals surface area contributed by atoms with Gasteiger partial charge in [0.1, 0.15) is 12.6 Å². The van der Waals surface area contributed by atoms with Gasteiger partial charge >= 0.3 is 0 Å². The van der Waals surface area contributed by atoms with E-state index in [1.54, 1.807) is 0 Å². The molecule has 4 rings (SSSR count). The summed E-state index contributed by atoms with van der Waals surface area (Å²) in [5.41, 5.74) is 3.17. The van der Waals surface area contributed by atoms with Crippen LogP contribution in [0.25, 0.3) is 0 Å². The number of hydrogen-bond acceptors (Lipinski definition) is 5. The first-order valence-electron chi connectivity index (χ1n) is 9.86. The summed E-state index contributed by atoms with van der Waals surface area (Å²) in [6.45, 7) is 0.654. The summed E-state index contributed by atoms with van der Waals surface area (Å²) in [5, 5.41) is 11.3. The van der Waals surface area contributed by atoms with Gasteiger partial charge < -0.3 is 14.9 Å². The van der Waals surface area contributed by atoms with Crippen LogP contribution in [0.4, 0.5) is 20.2 Å². The highest BCUT2D eigenvalue weighted by Gasteiger charge is 2.41. The number of carbonyl (C=O) groups is 2. The average molecular weight is 393 g/mol. The number of aliphatic hydroxyl groups excluding tert-OH is 1. The fourth-order valence-corrected chi connectivity index (χ4v) is 4.71. The highest BCUT2D eigenvalue weighted by Crippen LogP contribution is 2.40. The van der Waals surface area contributed by atoms with Crippen LogP contribution < -0.4 is 15.1 Å². The Morgan fingerprint density at radius 2 is 1.79 bits per heavy atom. The molecule has 152 valence electrons. The van der Waals surface area contributed by atoms with E-state index < -0.39 is 18.4 Å². The van der Waals surface area contributed by atoms with Crippen LogP contribution >= 0.6 is 0 Å². The molecule has 0 bridgehead atoms. The molecule has 2 N–H and O–H groups in total. The standard InChI is InChI=1S/C20H25F2N3O3/c21-20(22,12-26)13-6-9-24(10-7-13)15-2-1-3-16-14(15)8-11-25(16)17-4-5-18(27)23-19(17)28/h1-3,13,17,26H,4-12H2,(H,23,27,28). The zero-order chi connectivity index (χ0) is 19.9. The Morgan fingerprint density at radius 1 is 1.07 bits per heavy atom. The topological polar surface area (TPSA) is 72.9 Å². The number of nitrogens with one attached hydrogen (secondary N) is 1. The van der Waals surface area contributed by atoms with Crippen molar-refractivity contribution in [2.75, 3.05) is 36.0 Å². The Kier molecular flexibility index (Phi) is 4.99. The van der Waals surface area contributed by atoms with Gasteiger partial charge in [-0.2, -0.15) is 0 Å². The lowest BCUT2D eigenvalue weighted by molar-refractivity contribution is -0.134. The first-order chi connectivity index (χ1) is 13.4. The van der Waals surface area contributed by atoms with Gasteiger partial charge in [-0.3, -0.25) is 14.9 Å². The van der Waals surface area contributed by atoms with Crippen LogP contribution in [0.15, 0.2) is 18.2 Å². The fourth-order valence-electron chi connectivity index (χ4n) is 4.71. The third kappa shape index (κ3) is 3.34. The fraction of sp³-hybridized carbons (Fsp3) is 0.600. The molecule has 3 aliphatic heterocycles. The van der Waals surface area contributed by atoms with E-state index in [9.17, 15) is 18.4 Å². The van der Waals surface area contributed by atoms with Crippen LogP contribution in [0.1, 0.15) is 31.2 Å². The van der Waals surface area contributed by atoms with E-state index in [0.29, 0.717) is 45.3 Å². The Morgan fingerprint density at radius 3 is 2.46 bits per heavy atom. The minimum absolute atomic E-state index is 0.225. The second-order valence-corrected chi connectivity index (χ2v) is 7.87. The molecule has 3 heterocycles. The van der Waals surface area contributed by atoms with Gasteiger partial charge in [-0.1, -0.05) is 6.07 Å². The molecule has 0 aliphatic carbocycles. The number of fused-ring (bicyclic) bond motifs is 1. The molecule has 0 spiro atoms. The van der Waals surface area contributed by atoms with Crippen molar-refractivity contribution in [3.63, 3.8) is 0 Å². The largest absolute Gasteiger partial charge is 0.390 e. The van der Waals surface area contributed by atoms with Crippen molar-refractivity contribution in [3.05, 3.63) is 23.8 Å². The van der Waals surface area contributed by atoms with E-state index in [2.05, 4.69) is 15.1 Å². The first-order valence-corrected chi connectivity index (χ1v) is 9.86. The lowest BCUT2D eigenvalue weighted by atomic mass is 9.90. The number of anilines is 2. The number of benzene rings is 1. The first kappa shape index (κ1) is 19.1. The summed E-state index contributed by atoms with van der Waals surface area (Å²) in [6.07, 6.45) is 2.32. The van der Waals surface area contributed by atoms with Crippen LogP contribution in [-0.4, -0.2) is 55.1 Å². The molecule has 0 aromatic heterocycles. The van der Waals surface area contributed by atoms with Crippen molar-refractivity contribution in [1.29, 1.82) is 0 Å². The number of rotatable bonds is 4. The van der Waals surface area contributed by atoms with Gasteiger partial charge in [0.05, 0.1) is 0 Å². The number of carbonyl (C=O) groups excluding carboxylic acids is 2. The highest BCUT2D eigenvalue weighted by molar-refractivity contribution is 6.02. The Bertz CT molecular complexity index is 778. The molecule has 1 atom stereocenters. The maximum absolute atomic E-state index is 13.8. The monoisotopic (exact) mass is 393 g/mol. The zero-order valence-electron chi connectivity index (χ0n) is 15.7. The summed E-state index contributed by atoms with van der Waals surface area (Å²) >= 11 is 0. The third-order valence-corrected chi connectivity index (χ3v) is 6.27. The van der Waals surface area contributed by atoms with E-state index in [4.69, 9.17) is 5.11 Å². The SMILES string of the molecule is O=C1CCC(N2CCc3c(N4CCC(C(F)(F)CO)CC4)cccc32)C(=O)N1. The molecule has 0 radical (unpaired) electrons. The van der Waals surface area contributed by atoms with Crippen molar-refractivity contribution in [3.8, 4) is 0 Å². The molecule has 1 aromatic rings. The van der Waals surface area contributed by atoms with Crippen LogP contribution in [0.2, 0.25) is 0 Å². The molecule has 1 unspecified atom stereocenters. The molecule has 2 fully saturated rings. The number of alkyl halides is 2. The molecular formula is C20H25F2N3O3. The summed E-state index contributed by atoms with van der Waals surface area (Å²) in [5.74, 6) is -4.28.